The molecule has 0 rings (SSSR count). The molecule has 0 spiro atoms. The van der Waals surface area contributed by atoms with Gasteiger partial charge in [-0.25, -0.2) is 4.79 Å². The summed E-state index contributed by atoms with van der Waals surface area (Å²) in [6.45, 7) is 2.73. The Morgan fingerprint density at radius 2 is 2.15 bits per heavy atom. The molecule has 0 saturated carbocycles. The lowest BCUT2D eigenvalue weighted by molar-refractivity contribution is -0.148. The van der Waals surface area contributed by atoms with Crippen molar-refractivity contribution >= 4 is 11.9 Å². The number of hydrogen-bond acceptors (Lipinski definition) is 5. The van der Waals surface area contributed by atoms with E-state index in [0.29, 0.717) is 0 Å². The number of amides is 1. The first-order chi connectivity index (χ1) is 6.11. The molecule has 0 aromatic carbocycles. The van der Waals surface area contributed by atoms with Gasteiger partial charge >= 0.3 is 5.97 Å². The predicted molar refractivity (Wildman–Crippen MR) is 44.5 cm³/mol. The van der Waals surface area contributed by atoms with Crippen molar-refractivity contribution in [1.82, 2.24) is 10.6 Å². The maximum absolute atomic E-state index is 11.1. The van der Waals surface area contributed by atoms with Crippen LogP contribution in [-0.4, -0.2) is 36.5 Å². The number of hydrogen-bond donors (Lipinski definition) is 3. The minimum Gasteiger partial charge on any atom is -0.463 e. The number of aliphatic hydroxyl groups excluding tert-OH is 1. The average Bonchev–Trinajstić information content (AvgIpc) is 2.03. The SMILES string of the molecule is CCOC(=O)C(NCO)NC(C)=O. The number of nitrogens with one attached hydrogen (secondary N) is 2. The molecule has 0 bridgehead atoms. The molecule has 76 valence electrons. The summed E-state index contributed by atoms with van der Waals surface area (Å²) in [4.78, 5) is 21.7. The van der Waals surface area contributed by atoms with Crippen LogP contribution in [0.5, 0.6) is 0 Å². The topological polar surface area (TPSA) is 87.7 Å². The molecule has 1 atom stereocenters. The van der Waals surface area contributed by atoms with E-state index in [4.69, 9.17) is 5.11 Å². The fourth-order valence-corrected chi connectivity index (χ4v) is 0.713. The van der Waals surface area contributed by atoms with Crippen LogP contribution in [0, 0.1) is 0 Å². The van der Waals surface area contributed by atoms with Gasteiger partial charge in [-0.2, -0.15) is 0 Å². The molecule has 3 N–H and O–H groups in total. The molecule has 0 saturated heterocycles. The van der Waals surface area contributed by atoms with E-state index in [-0.39, 0.29) is 12.5 Å². The minimum atomic E-state index is -0.984. The van der Waals surface area contributed by atoms with E-state index in [2.05, 4.69) is 15.4 Å². The Balaban J connectivity index is 4.06. The fraction of sp³-hybridized carbons (Fsp3) is 0.714. The zero-order valence-electron chi connectivity index (χ0n) is 7.66. The molecule has 0 aliphatic rings. The lowest BCUT2D eigenvalue weighted by Gasteiger charge is -2.15. The molecule has 6 heteroatoms. The fourth-order valence-electron chi connectivity index (χ4n) is 0.713. The maximum Gasteiger partial charge on any atom is 0.343 e. The highest BCUT2D eigenvalue weighted by atomic mass is 16.5. The summed E-state index contributed by atoms with van der Waals surface area (Å²) < 4.78 is 4.63. The van der Waals surface area contributed by atoms with E-state index in [0.717, 1.165) is 0 Å². The molecule has 0 aromatic heterocycles. The predicted octanol–water partition coefficient (Wildman–Crippen LogP) is -1.45. The van der Waals surface area contributed by atoms with Crippen molar-refractivity contribution in [2.45, 2.75) is 20.0 Å². The molecule has 0 aromatic rings. The van der Waals surface area contributed by atoms with Gasteiger partial charge in [0, 0.05) is 6.92 Å². The van der Waals surface area contributed by atoms with Gasteiger partial charge in [0.15, 0.2) is 6.17 Å². The molecular weight excluding hydrogens is 176 g/mol. The van der Waals surface area contributed by atoms with Gasteiger partial charge in [0.25, 0.3) is 0 Å². The molecule has 0 radical (unpaired) electrons. The number of aliphatic hydroxyl groups is 1. The van der Waals surface area contributed by atoms with Gasteiger partial charge in [-0.05, 0) is 6.92 Å². The van der Waals surface area contributed by atoms with Gasteiger partial charge in [0.1, 0.15) is 0 Å². The highest BCUT2D eigenvalue weighted by molar-refractivity contribution is 5.82. The smallest absolute Gasteiger partial charge is 0.343 e. The molecule has 0 heterocycles. The Morgan fingerprint density at radius 3 is 2.54 bits per heavy atom. The van der Waals surface area contributed by atoms with Crippen LogP contribution < -0.4 is 10.6 Å². The maximum atomic E-state index is 11.1. The second kappa shape index (κ2) is 6.38. The molecule has 0 fully saturated rings. The van der Waals surface area contributed by atoms with E-state index < -0.39 is 18.9 Å². The average molecular weight is 190 g/mol. The third-order valence-corrected chi connectivity index (χ3v) is 1.17. The summed E-state index contributed by atoms with van der Waals surface area (Å²) in [5, 5.41) is 13.1. The quantitative estimate of drug-likeness (QED) is 0.364. The lowest BCUT2D eigenvalue weighted by atomic mass is 10.4. The van der Waals surface area contributed by atoms with Gasteiger partial charge in [0.2, 0.25) is 5.91 Å². The van der Waals surface area contributed by atoms with E-state index in [1.54, 1.807) is 6.92 Å². The number of rotatable bonds is 5. The monoisotopic (exact) mass is 190 g/mol. The molecule has 0 aliphatic carbocycles. The van der Waals surface area contributed by atoms with Crippen LogP contribution in [0.1, 0.15) is 13.8 Å². The lowest BCUT2D eigenvalue weighted by Crippen LogP contribution is -2.51. The molecule has 0 aliphatic heterocycles. The molecule has 6 nitrogen and oxygen atoms in total. The van der Waals surface area contributed by atoms with Crippen LogP contribution in [0.2, 0.25) is 0 Å². The van der Waals surface area contributed by atoms with Gasteiger partial charge < -0.3 is 15.2 Å². The summed E-state index contributed by atoms with van der Waals surface area (Å²) in [6.07, 6.45) is -0.984. The van der Waals surface area contributed by atoms with Crippen LogP contribution in [-0.2, 0) is 14.3 Å². The van der Waals surface area contributed by atoms with E-state index >= 15 is 0 Å². The zero-order valence-corrected chi connectivity index (χ0v) is 7.66. The van der Waals surface area contributed by atoms with Crippen molar-refractivity contribution < 1.29 is 19.4 Å². The Labute approximate surface area is 76.3 Å². The van der Waals surface area contributed by atoms with Crippen molar-refractivity contribution in [3.8, 4) is 0 Å². The summed E-state index contributed by atoms with van der Waals surface area (Å²) in [7, 11) is 0. The molecule has 13 heavy (non-hydrogen) atoms. The standard InChI is InChI=1S/C7H14N2O4/c1-3-13-7(12)6(8-4-10)9-5(2)11/h6,8,10H,3-4H2,1-2H3,(H,9,11). The first-order valence-corrected chi connectivity index (χ1v) is 3.89. The van der Waals surface area contributed by atoms with Crippen LogP contribution >= 0.6 is 0 Å². The highest BCUT2D eigenvalue weighted by Gasteiger charge is 2.18. The largest absolute Gasteiger partial charge is 0.463 e. The van der Waals surface area contributed by atoms with Crippen molar-refractivity contribution in [1.29, 1.82) is 0 Å². The molecule has 1 amide bonds. The number of esters is 1. The Kier molecular flexibility index (Phi) is 5.82. The summed E-state index contributed by atoms with van der Waals surface area (Å²) in [5.74, 6) is -0.995. The van der Waals surface area contributed by atoms with Crippen LogP contribution in [0.15, 0.2) is 0 Å². The van der Waals surface area contributed by atoms with E-state index in [9.17, 15) is 9.59 Å². The van der Waals surface area contributed by atoms with Crippen molar-refractivity contribution in [3.63, 3.8) is 0 Å². The zero-order chi connectivity index (χ0) is 10.3. The van der Waals surface area contributed by atoms with Gasteiger partial charge in [-0.15, -0.1) is 0 Å². The Hall–Kier alpha value is -1.14. The van der Waals surface area contributed by atoms with Crippen molar-refractivity contribution in [3.05, 3.63) is 0 Å². The van der Waals surface area contributed by atoms with Crippen LogP contribution in [0.25, 0.3) is 0 Å². The van der Waals surface area contributed by atoms with Gasteiger partial charge in [-0.3, -0.25) is 10.1 Å². The van der Waals surface area contributed by atoms with Crippen LogP contribution in [0.3, 0.4) is 0 Å². The molecular formula is C7H14N2O4. The third kappa shape index (κ3) is 5.15. The highest BCUT2D eigenvalue weighted by Crippen LogP contribution is 1.85. The van der Waals surface area contributed by atoms with Crippen LogP contribution in [0.4, 0.5) is 0 Å². The van der Waals surface area contributed by atoms with Gasteiger partial charge in [-0.1, -0.05) is 0 Å². The summed E-state index contributed by atoms with van der Waals surface area (Å²) in [5.41, 5.74) is 0. The van der Waals surface area contributed by atoms with Crippen molar-refractivity contribution in [2.24, 2.45) is 0 Å². The number of carbonyl (C=O) groups excluding carboxylic acids is 2. The minimum absolute atomic E-state index is 0.224. The summed E-state index contributed by atoms with van der Waals surface area (Å²) >= 11 is 0. The number of carbonyl (C=O) groups is 2. The molecule has 1 unspecified atom stereocenters. The van der Waals surface area contributed by atoms with Gasteiger partial charge in [0.05, 0.1) is 13.3 Å². The second-order valence-electron chi connectivity index (χ2n) is 2.25. The Morgan fingerprint density at radius 1 is 1.54 bits per heavy atom. The summed E-state index contributed by atoms with van der Waals surface area (Å²) in [6, 6.07) is 0. The second-order valence-corrected chi connectivity index (χ2v) is 2.25. The first kappa shape index (κ1) is 11.9. The Bertz CT molecular complexity index is 183. The van der Waals surface area contributed by atoms with Crippen molar-refractivity contribution in [2.75, 3.05) is 13.3 Å². The number of ether oxygens (including phenoxy) is 1. The van der Waals surface area contributed by atoms with E-state index in [1.807, 2.05) is 0 Å². The van der Waals surface area contributed by atoms with E-state index in [1.165, 1.54) is 6.92 Å². The third-order valence-electron chi connectivity index (χ3n) is 1.17. The first-order valence-electron chi connectivity index (χ1n) is 3.89. The normalized spacial score (nSPS) is 11.9.